The van der Waals surface area contributed by atoms with Gasteiger partial charge in [-0.3, -0.25) is 13.9 Å². The van der Waals surface area contributed by atoms with Gasteiger partial charge in [-0.2, -0.15) is 0 Å². The zero-order valence-electron chi connectivity index (χ0n) is 18.4. The maximum absolute atomic E-state index is 13.9. The Labute approximate surface area is 192 Å². The third-order valence-electron chi connectivity index (χ3n) is 5.99. The minimum absolute atomic E-state index is 0.113. The largest absolute Gasteiger partial charge is 0.335 e. The van der Waals surface area contributed by atoms with Gasteiger partial charge in [0.15, 0.2) is 0 Å². The van der Waals surface area contributed by atoms with Crippen LogP contribution in [0, 0.1) is 0 Å². The Morgan fingerprint density at radius 1 is 0.788 bits per heavy atom. The van der Waals surface area contributed by atoms with Gasteiger partial charge in [0.1, 0.15) is 5.69 Å². The summed E-state index contributed by atoms with van der Waals surface area (Å²) in [5.74, 6) is -0.113. The fraction of sp³-hybridized carbons (Fsp3) is 0.185. The van der Waals surface area contributed by atoms with E-state index in [1.165, 1.54) is 0 Å². The standard InChI is InChI=1S/C27H26N4O2/c32-26(29-18-16-28-17-19-29)25-24(22-12-6-2-7-13-22)31(23-14-8-3-9-15-23)27(33)30(25)20-21-10-4-1-5-11-21/h1-15,28H,16-20H2. The Bertz CT molecular complexity index is 1290. The number of carbonyl (C=O) groups excluding carboxylic acids is 1. The topological polar surface area (TPSA) is 59.3 Å². The molecule has 1 amide bonds. The number of imidazole rings is 1. The van der Waals surface area contributed by atoms with Crippen LogP contribution in [0.15, 0.2) is 95.8 Å². The lowest BCUT2D eigenvalue weighted by Crippen LogP contribution is -2.47. The van der Waals surface area contributed by atoms with Crippen molar-refractivity contribution in [2.45, 2.75) is 6.54 Å². The molecule has 2 heterocycles. The highest BCUT2D eigenvalue weighted by Crippen LogP contribution is 2.28. The molecule has 6 nitrogen and oxygen atoms in total. The van der Waals surface area contributed by atoms with E-state index in [1.807, 2.05) is 95.9 Å². The number of nitrogens with zero attached hydrogens (tertiary/aromatic N) is 3. The van der Waals surface area contributed by atoms with E-state index in [0.717, 1.165) is 29.9 Å². The molecule has 6 heteroatoms. The first kappa shape index (κ1) is 21.0. The maximum Gasteiger partial charge on any atom is 0.334 e. The van der Waals surface area contributed by atoms with E-state index in [0.29, 0.717) is 31.0 Å². The molecule has 1 N–H and O–H groups in total. The summed E-state index contributed by atoms with van der Waals surface area (Å²) in [7, 11) is 0. The number of rotatable bonds is 5. The van der Waals surface area contributed by atoms with Crippen molar-refractivity contribution in [3.63, 3.8) is 0 Å². The van der Waals surface area contributed by atoms with Crippen molar-refractivity contribution >= 4 is 5.91 Å². The number of para-hydroxylation sites is 1. The summed E-state index contributed by atoms with van der Waals surface area (Å²) in [6.45, 7) is 3.04. The van der Waals surface area contributed by atoms with Gasteiger partial charge in [-0.25, -0.2) is 4.79 Å². The van der Waals surface area contributed by atoms with Crippen LogP contribution in [-0.4, -0.2) is 46.1 Å². The molecule has 5 rings (SSSR count). The lowest BCUT2D eigenvalue weighted by atomic mass is 10.1. The fourth-order valence-corrected chi connectivity index (χ4v) is 4.37. The van der Waals surface area contributed by atoms with E-state index in [4.69, 9.17) is 0 Å². The third-order valence-corrected chi connectivity index (χ3v) is 5.99. The van der Waals surface area contributed by atoms with Gasteiger partial charge >= 0.3 is 5.69 Å². The quantitative estimate of drug-likeness (QED) is 0.520. The second-order valence-electron chi connectivity index (χ2n) is 8.13. The van der Waals surface area contributed by atoms with Crippen molar-refractivity contribution in [2.24, 2.45) is 0 Å². The molecule has 1 fully saturated rings. The molecule has 0 saturated carbocycles. The Morgan fingerprint density at radius 3 is 2.00 bits per heavy atom. The molecule has 0 unspecified atom stereocenters. The molecule has 0 bridgehead atoms. The van der Waals surface area contributed by atoms with Crippen molar-refractivity contribution in [1.29, 1.82) is 0 Å². The molecule has 0 atom stereocenters. The van der Waals surface area contributed by atoms with E-state index in [2.05, 4.69) is 5.32 Å². The SMILES string of the molecule is O=C(c1c(-c2ccccc2)n(-c2ccccc2)c(=O)n1Cc1ccccc1)N1CCNCC1. The van der Waals surface area contributed by atoms with Crippen molar-refractivity contribution < 1.29 is 4.79 Å². The summed E-state index contributed by atoms with van der Waals surface area (Å²) >= 11 is 0. The number of benzene rings is 3. The summed E-state index contributed by atoms with van der Waals surface area (Å²) < 4.78 is 3.31. The van der Waals surface area contributed by atoms with Crippen LogP contribution in [0.2, 0.25) is 0 Å². The van der Waals surface area contributed by atoms with Crippen LogP contribution in [0.4, 0.5) is 0 Å². The number of carbonyl (C=O) groups is 1. The van der Waals surface area contributed by atoms with E-state index in [-0.39, 0.29) is 11.6 Å². The summed E-state index contributed by atoms with van der Waals surface area (Å²) in [6.07, 6.45) is 0. The Morgan fingerprint density at radius 2 is 1.36 bits per heavy atom. The fourth-order valence-electron chi connectivity index (χ4n) is 4.37. The summed E-state index contributed by atoms with van der Waals surface area (Å²) in [5, 5.41) is 3.30. The van der Waals surface area contributed by atoms with Crippen LogP contribution in [0.1, 0.15) is 16.1 Å². The molecule has 1 aromatic heterocycles. The highest BCUT2D eigenvalue weighted by molar-refractivity contribution is 5.99. The summed E-state index contributed by atoms with van der Waals surface area (Å²) in [4.78, 5) is 29.7. The molecule has 1 saturated heterocycles. The van der Waals surface area contributed by atoms with Gasteiger partial charge in [0.25, 0.3) is 5.91 Å². The molecule has 0 aliphatic carbocycles. The normalized spacial score (nSPS) is 13.8. The van der Waals surface area contributed by atoms with Gasteiger partial charge in [-0.15, -0.1) is 0 Å². The number of hydrogen-bond donors (Lipinski definition) is 1. The van der Waals surface area contributed by atoms with E-state index < -0.39 is 0 Å². The molecule has 4 aromatic rings. The van der Waals surface area contributed by atoms with Crippen LogP contribution >= 0.6 is 0 Å². The zero-order valence-corrected chi connectivity index (χ0v) is 18.4. The van der Waals surface area contributed by atoms with Gasteiger partial charge in [-0.1, -0.05) is 78.9 Å². The lowest BCUT2D eigenvalue weighted by molar-refractivity contribution is 0.0726. The predicted molar refractivity (Wildman–Crippen MR) is 130 cm³/mol. The van der Waals surface area contributed by atoms with Gasteiger partial charge in [0, 0.05) is 31.7 Å². The first-order valence-electron chi connectivity index (χ1n) is 11.2. The van der Waals surface area contributed by atoms with Crippen LogP contribution < -0.4 is 11.0 Å². The number of nitrogens with one attached hydrogen (secondary N) is 1. The molecular formula is C27H26N4O2. The molecule has 0 spiro atoms. The Balaban J connectivity index is 1.78. The molecule has 1 aliphatic rings. The van der Waals surface area contributed by atoms with Gasteiger partial charge < -0.3 is 10.2 Å². The minimum atomic E-state index is -0.220. The van der Waals surface area contributed by atoms with Gasteiger partial charge in [0.2, 0.25) is 0 Å². The van der Waals surface area contributed by atoms with Crippen molar-refractivity contribution in [1.82, 2.24) is 19.4 Å². The number of aromatic nitrogens is 2. The molecule has 0 radical (unpaired) electrons. The van der Waals surface area contributed by atoms with Crippen molar-refractivity contribution in [3.8, 4) is 16.9 Å². The molecule has 33 heavy (non-hydrogen) atoms. The monoisotopic (exact) mass is 438 g/mol. The number of piperazine rings is 1. The highest BCUT2D eigenvalue weighted by Gasteiger charge is 2.30. The molecular weight excluding hydrogens is 412 g/mol. The predicted octanol–water partition coefficient (Wildman–Crippen LogP) is 3.40. The van der Waals surface area contributed by atoms with E-state index >= 15 is 0 Å². The minimum Gasteiger partial charge on any atom is -0.335 e. The second-order valence-corrected chi connectivity index (χ2v) is 8.13. The highest BCUT2D eigenvalue weighted by atomic mass is 16.2. The molecule has 3 aromatic carbocycles. The van der Waals surface area contributed by atoms with Crippen LogP contribution in [0.25, 0.3) is 16.9 Å². The first-order valence-corrected chi connectivity index (χ1v) is 11.2. The van der Waals surface area contributed by atoms with Crippen molar-refractivity contribution in [2.75, 3.05) is 26.2 Å². The first-order chi connectivity index (χ1) is 16.2. The van der Waals surface area contributed by atoms with Crippen molar-refractivity contribution in [3.05, 3.63) is 113 Å². The Kier molecular flexibility index (Phi) is 5.91. The Hall–Kier alpha value is -3.90. The number of amides is 1. The van der Waals surface area contributed by atoms with E-state index in [9.17, 15) is 9.59 Å². The number of hydrogen-bond acceptors (Lipinski definition) is 3. The lowest BCUT2D eigenvalue weighted by Gasteiger charge is -2.28. The van der Waals surface area contributed by atoms with E-state index in [1.54, 1.807) is 9.13 Å². The average molecular weight is 439 g/mol. The third kappa shape index (κ3) is 4.13. The summed E-state index contributed by atoms with van der Waals surface area (Å²) in [5.41, 5.74) is 3.39. The van der Waals surface area contributed by atoms with Crippen LogP contribution in [-0.2, 0) is 6.54 Å². The van der Waals surface area contributed by atoms with Crippen LogP contribution in [0.5, 0.6) is 0 Å². The zero-order chi connectivity index (χ0) is 22.6. The smallest absolute Gasteiger partial charge is 0.334 e. The summed E-state index contributed by atoms with van der Waals surface area (Å²) in [6, 6.07) is 29.1. The molecule has 1 aliphatic heterocycles. The van der Waals surface area contributed by atoms with Gasteiger partial charge in [-0.05, 0) is 17.7 Å². The molecule has 166 valence electrons. The van der Waals surface area contributed by atoms with Crippen LogP contribution in [0.3, 0.4) is 0 Å². The average Bonchev–Trinajstić information content (AvgIpc) is 3.17. The van der Waals surface area contributed by atoms with Gasteiger partial charge in [0.05, 0.1) is 17.9 Å². The second kappa shape index (κ2) is 9.30. The maximum atomic E-state index is 13.9.